The van der Waals surface area contributed by atoms with Crippen molar-refractivity contribution in [1.29, 1.82) is 0 Å². The van der Waals surface area contributed by atoms with E-state index in [-0.39, 0.29) is 9.04 Å². The summed E-state index contributed by atoms with van der Waals surface area (Å²) in [6.45, 7) is 10.5. The Labute approximate surface area is 67.1 Å². The van der Waals surface area contributed by atoms with Gasteiger partial charge in [-0.3, -0.25) is 0 Å². The zero-order valence-corrected chi connectivity index (χ0v) is 10.3. The van der Waals surface area contributed by atoms with Crippen LogP contribution in [-0.2, 0) is 0 Å². The molecule has 0 aromatic heterocycles. The molecule has 0 saturated carbocycles. The van der Waals surface area contributed by atoms with Crippen LogP contribution in [0.1, 0.15) is 20.8 Å². The van der Waals surface area contributed by atoms with Crippen LogP contribution in [0.3, 0.4) is 0 Å². The van der Waals surface area contributed by atoms with Gasteiger partial charge >= 0.3 is 0 Å². The van der Waals surface area contributed by atoms with Crippen molar-refractivity contribution in [3.63, 3.8) is 0 Å². The molecule has 0 unspecified atom stereocenters. The first kappa shape index (κ1) is 9.78. The van der Waals surface area contributed by atoms with Crippen molar-refractivity contribution < 1.29 is 0 Å². The average Bonchev–Trinajstić information content (AvgIpc) is 1.14. The Hall–Kier alpha value is 0.784. The lowest BCUT2D eigenvalue weighted by atomic mass is 10.3. The SMILES string of the molecule is CC(C)(C)[SiH2][Si](C)(C)[S]. The second kappa shape index (κ2) is 2.80. The highest BCUT2D eigenvalue weighted by Crippen LogP contribution is 2.25. The van der Waals surface area contributed by atoms with E-state index in [9.17, 15) is 0 Å². The van der Waals surface area contributed by atoms with Crippen molar-refractivity contribution in [3.05, 3.63) is 0 Å². The van der Waals surface area contributed by atoms with Crippen LogP contribution >= 0.6 is 12.1 Å². The molecule has 0 atom stereocenters. The Bertz CT molecular complexity index is 76.2. The van der Waals surface area contributed by atoms with Crippen LogP contribution in [0.15, 0.2) is 0 Å². The largest absolute Gasteiger partial charge is 0.132 e. The van der Waals surface area contributed by atoms with E-state index in [0.29, 0.717) is 5.04 Å². The highest BCUT2D eigenvalue weighted by molar-refractivity contribution is 8.20. The molecule has 0 amide bonds. The van der Waals surface area contributed by atoms with Crippen LogP contribution in [0, 0.1) is 0 Å². The average molecular weight is 177 g/mol. The van der Waals surface area contributed by atoms with Gasteiger partial charge in [-0.05, 0) is 5.04 Å². The Kier molecular flexibility index (Phi) is 3.05. The Balaban J connectivity index is 3.75. The van der Waals surface area contributed by atoms with E-state index in [2.05, 4.69) is 33.9 Å². The summed E-state index contributed by atoms with van der Waals surface area (Å²) >= 11 is 5.43. The summed E-state index contributed by atoms with van der Waals surface area (Å²) in [7, 11) is 0.0417. The van der Waals surface area contributed by atoms with Gasteiger partial charge in [-0.2, -0.15) is 0 Å². The second-order valence-electron chi connectivity index (χ2n) is 4.50. The summed E-state index contributed by atoms with van der Waals surface area (Å²) in [4.78, 5) is 0. The molecule has 0 aliphatic rings. The molecule has 9 heavy (non-hydrogen) atoms. The lowest BCUT2D eigenvalue weighted by molar-refractivity contribution is 0.762. The molecule has 0 bridgehead atoms. The summed E-state index contributed by atoms with van der Waals surface area (Å²) in [5.74, 6) is 0. The van der Waals surface area contributed by atoms with Crippen LogP contribution in [0.2, 0.25) is 18.1 Å². The van der Waals surface area contributed by atoms with Crippen molar-refractivity contribution in [2.45, 2.75) is 38.9 Å². The van der Waals surface area contributed by atoms with E-state index in [1.165, 1.54) is 0 Å². The second-order valence-corrected chi connectivity index (χ2v) is 21.7. The van der Waals surface area contributed by atoms with E-state index in [1.807, 2.05) is 0 Å². The minimum absolute atomic E-state index is 0.0417. The van der Waals surface area contributed by atoms with Gasteiger partial charge in [0.25, 0.3) is 0 Å². The van der Waals surface area contributed by atoms with Crippen molar-refractivity contribution in [2.75, 3.05) is 0 Å². The minimum atomic E-state index is -1.07. The molecule has 0 rings (SSSR count). The van der Waals surface area contributed by atoms with Gasteiger partial charge in [-0.25, -0.2) is 0 Å². The smallest absolute Gasteiger partial charge is 0.109 e. The van der Waals surface area contributed by atoms with E-state index in [1.54, 1.807) is 0 Å². The van der Waals surface area contributed by atoms with Gasteiger partial charge in [0.15, 0.2) is 0 Å². The van der Waals surface area contributed by atoms with Crippen LogP contribution in [0.25, 0.3) is 0 Å². The monoisotopic (exact) mass is 177 g/mol. The van der Waals surface area contributed by atoms with E-state index in [0.717, 1.165) is 0 Å². The Morgan fingerprint density at radius 2 is 1.56 bits per heavy atom. The van der Waals surface area contributed by atoms with Gasteiger partial charge in [-0.15, -0.1) is 12.1 Å². The Morgan fingerprint density at radius 3 is 1.56 bits per heavy atom. The van der Waals surface area contributed by atoms with Crippen LogP contribution in [0.5, 0.6) is 0 Å². The maximum atomic E-state index is 5.43. The number of rotatable bonds is 1. The van der Waals surface area contributed by atoms with Gasteiger partial charge < -0.3 is 0 Å². The lowest BCUT2D eigenvalue weighted by Gasteiger charge is -2.24. The van der Waals surface area contributed by atoms with Crippen molar-refractivity contribution in [1.82, 2.24) is 0 Å². The summed E-state index contributed by atoms with van der Waals surface area (Å²) in [5, 5.41) is 0.581. The van der Waals surface area contributed by atoms with Crippen molar-refractivity contribution in [2.24, 2.45) is 0 Å². The Morgan fingerprint density at radius 1 is 1.22 bits per heavy atom. The first-order valence-corrected chi connectivity index (χ1v) is 10.6. The van der Waals surface area contributed by atoms with E-state index in [4.69, 9.17) is 12.1 Å². The van der Waals surface area contributed by atoms with Crippen LogP contribution < -0.4 is 0 Å². The van der Waals surface area contributed by atoms with E-state index >= 15 is 0 Å². The molecule has 0 spiro atoms. The molecule has 0 nitrogen and oxygen atoms in total. The molecule has 55 valence electrons. The highest BCUT2D eigenvalue weighted by Gasteiger charge is 2.24. The van der Waals surface area contributed by atoms with E-state index < -0.39 is 6.74 Å². The summed E-state index contributed by atoms with van der Waals surface area (Å²) in [6, 6.07) is 0. The highest BCUT2D eigenvalue weighted by atomic mass is 32.3. The fourth-order valence-corrected chi connectivity index (χ4v) is 15.4. The molecule has 3 heteroatoms. The van der Waals surface area contributed by atoms with Crippen LogP contribution in [0.4, 0.5) is 0 Å². The molecule has 0 aromatic carbocycles. The quantitative estimate of drug-likeness (QED) is 0.539. The number of hydrogen-bond donors (Lipinski definition) is 0. The van der Waals surface area contributed by atoms with Crippen LogP contribution in [-0.4, -0.2) is 15.8 Å². The normalized spacial score (nSPS) is 15.3. The molecule has 0 N–H and O–H groups in total. The van der Waals surface area contributed by atoms with Crippen molar-refractivity contribution in [3.8, 4) is 0 Å². The molecule has 0 aromatic rings. The predicted octanol–water partition coefficient (Wildman–Crippen LogP) is 2.27. The van der Waals surface area contributed by atoms with Gasteiger partial charge in [0.2, 0.25) is 0 Å². The molecular weight excluding hydrogens is 160 g/mol. The standard InChI is InChI=1S/C6H17SSi2/c1-6(2,3)8-9(4,5)7/h8H2,1-5H3. The topological polar surface area (TPSA) is 0 Å². The zero-order chi connectivity index (χ0) is 7.71. The summed E-state index contributed by atoms with van der Waals surface area (Å²) in [6.07, 6.45) is 0. The van der Waals surface area contributed by atoms with Gasteiger partial charge in [-0.1, -0.05) is 33.9 Å². The third-order valence-corrected chi connectivity index (χ3v) is 9.90. The molecule has 0 fully saturated rings. The zero-order valence-electron chi connectivity index (χ0n) is 7.12. The molecular formula is C6H17SSi2. The third kappa shape index (κ3) is 8.78. The third-order valence-electron chi connectivity index (χ3n) is 0.956. The molecule has 0 aliphatic carbocycles. The molecule has 0 aliphatic heterocycles. The lowest BCUT2D eigenvalue weighted by Crippen LogP contribution is -2.33. The summed E-state index contributed by atoms with van der Waals surface area (Å²) < 4.78 is 0. The fourth-order valence-electron chi connectivity index (χ4n) is 1.28. The van der Waals surface area contributed by atoms with Gasteiger partial charge in [0.1, 0.15) is 6.74 Å². The molecule has 0 saturated heterocycles. The van der Waals surface area contributed by atoms with Crippen molar-refractivity contribution >= 4 is 27.9 Å². The first-order valence-electron chi connectivity index (χ1n) is 3.41. The fraction of sp³-hybridized carbons (Fsp3) is 1.00. The summed E-state index contributed by atoms with van der Waals surface area (Å²) in [5.41, 5.74) is 0. The molecule has 0 heterocycles. The molecule has 1 radical (unpaired) electrons. The maximum Gasteiger partial charge on any atom is 0.109 e. The number of hydrogen-bond acceptors (Lipinski definition) is 0. The maximum absolute atomic E-state index is 5.43. The van der Waals surface area contributed by atoms with Gasteiger partial charge in [0.05, 0.1) is 0 Å². The minimum Gasteiger partial charge on any atom is -0.132 e. The predicted molar refractivity (Wildman–Crippen MR) is 53.3 cm³/mol. The first-order chi connectivity index (χ1) is 3.71. The van der Waals surface area contributed by atoms with Gasteiger partial charge in [0, 0.05) is 9.04 Å².